The van der Waals surface area contributed by atoms with Crippen LogP contribution < -0.4 is 10.6 Å². The summed E-state index contributed by atoms with van der Waals surface area (Å²) in [7, 11) is 0. The molecule has 11 heteroatoms. The Bertz CT molecular complexity index is 939. The van der Waals surface area contributed by atoms with Crippen molar-refractivity contribution < 1.29 is 35.5 Å². The van der Waals surface area contributed by atoms with Crippen LogP contribution in [0, 0.1) is 17.1 Å². The highest BCUT2D eigenvalue weighted by atomic mass is 19.4. The largest absolute Gasteiger partial charge is 0.416 e. The van der Waals surface area contributed by atoms with Crippen LogP contribution in [0.1, 0.15) is 11.1 Å². The molecule has 1 amide bonds. The number of hydrogen-bond donors (Lipinski definition) is 2. The SMILES string of the molecule is N#C/C(=C/Nc1cc(C(F)(F)F)cc(C(F)(F)F)c1)C(=O)Nc1ccc(F)cc1. The molecule has 0 saturated carbocycles. The number of nitrogens with one attached hydrogen (secondary N) is 2. The summed E-state index contributed by atoms with van der Waals surface area (Å²) in [5, 5.41) is 13.3. The van der Waals surface area contributed by atoms with Gasteiger partial charge in [0.2, 0.25) is 0 Å². The number of carbonyl (C=O) groups excluding carboxylic acids is 1. The van der Waals surface area contributed by atoms with Gasteiger partial charge in [0.05, 0.1) is 11.1 Å². The Labute approximate surface area is 159 Å². The van der Waals surface area contributed by atoms with Crippen LogP contribution in [-0.2, 0) is 17.1 Å². The zero-order chi connectivity index (χ0) is 21.8. The Morgan fingerprint density at radius 1 is 0.897 bits per heavy atom. The molecule has 0 atom stereocenters. The standard InChI is InChI=1S/C18H10F7N3O/c19-13-1-3-14(4-2-13)28-16(29)10(8-26)9-27-15-6-11(17(20,21)22)5-12(7-15)18(23,24)25/h1-7,9,27H,(H,28,29)/b10-9-. The van der Waals surface area contributed by atoms with Gasteiger partial charge in [-0.05, 0) is 42.5 Å². The first-order chi connectivity index (χ1) is 13.4. The van der Waals surface area contributed by atoms with E-state index in [0.29, 0.717) is 18.3 Å². The number of amides is 1. The first kappa shape index (κ1) is 21.7. The maximum atomic E-state index is 12.8. The van der Waals surface area contributed by atoms with Crippen LogP contribution in [-0.4, -0.2) is 5.91 Å². The van der Waals surface area contributed by atoms with Crippen LogP contribution in [0.15, 0.2) is 54.2 Å². The monoisotopic (exact) mass is 417 g/mol. The van der Waals surface area contributed by atoms with Gasteiger partial charge in [-0.3, -0.25) is 4.79 Å². The van der Waals surface area contributed by atoms with Gasteiger partial charge in [-0.2, -0.15) is 31.6 Å². The molecule has 0 unspecified atom stereocenters. The van der Waals surface area contributed by atoms with Gasteiger partial charge in [-0.15, -0.1) is 0 Å². The zero-order valence-electron chi connectivity index (χ0n) is 14.1. The van der Waals surface area contributed by atoms with E-state index in [-0.39, 0.29) is 11.8 Å². The molecule has 2 aromatic carbocycles. The maximum Gasteiger partial charge on any atom is 0.416 e. The molecule has 29 heavy (non-hydrogen) atoms. The molecule has 2 rings (SSSR count). The lowest BCUT2D eigenvalue weighted by Gasteiger charge is -2.14. The summed E-state index contributed by atoms with van der Waals surface area (Å²) < 4.78 is 89.9. The maximum absolute atomic E-state index is 12.8. The quantitative estimate of drug-likeness (QED) is 0.402. The fraction of sp³-hybridized carbons (Fsp3) is 0.111. The van der Waals surface area contributed by atoms with Crippen LogP contribution in [0.2, 0.25) is 0 Å². The third-order valence-electron chi connectivity index (χ3n) is 3.44. The van der Waals surface area contributed by atoms with Crippen LogP contribution in [0.5, 0.6) is 0 Å². The smallest absolute Gasteiger partial charge is 0.360 e. The van der Waals surface area contributed by atoms with Crippen molar-refractivity contribution in [1.29, 1.82) is 5.26 Å². The number of carbonyl (C=O) groups is 1. The second-order valence-corrected chi connectivity index (χ2v) is 5.57. The second-order valence-electron chi connectivity index (χ2n) is 5.57. The average Bonchev–Trinajstić information content (AvgIpc) is 2.62. The van der Waals surface area contributed by atoms with Gasteiger partial charge < -0.3 is 10.6 Å². The van der Waals surface area contributed by atoms with Gasteiger partial charge in [0.25, 0.3) is 5.91 Å². The molecule has 0 bridgehead atoms. The fourth-order valence-electron chi connectivity index (χ4n) is 2.07. The number of benzene rings is 2. The molecule has 0 aliphatic rings. The summed E-state index contributed by atoms with van der Waals surface area (Å²) in [4.78, 5) is 12.0. The number of halogens is 7. The molecule has 0 fully saturated rings. The van der Waals surface area contributed by atoms with Gasteiger partial charge in [-0.25, -0.2) is 4.39 Å². The molecule has 152 valence electrons. The van der Waals surface area contributed by atoms with E-state index in [2.05, 4.69) is 10.6 Å². The first-order valence-electron chi connectivity index (χ1n) is 7.63. The Balaban J connectivity index is 2.28. The van der Waals surface area contributed by atoms with E-state index in [1.54, 1.807) is 0 Å². The van der Waals surface area contributed by atoms with E-state index in [1.165, 1.54) is 18.2 Å². The van der Waals surface area contributed by atoms with Crippen molar-refractivity contribution in [2.45, 2.75) is 12.4 Å². The van der Waals surface area contributed by atoms with E-state index < -0.39 is 46.5 Å². The predicted molar refractivity (Wildman–Crippen MR) is 88.8 cm³/mol. The van der Waals surface area contributed by atoms with Crippen molar-refractivity contribution in [3.8, 4) is 6.07 Å². The Morgan fingerprint density at radius 2 is 1.41 bits per heavy atom. The minimum Gasteiger partial charge on any atom is -0.360 e. The Morgan fingerprint density at radius 3 is 1.86 bits per heavy atom. The lowest BCUT2D eigenvalue weighted by atomic mass is 10.1. The van der Waals surface area contributed by atoms with Crippen LogP contribution in [0.4, 0.5) is 42.1 Å². The lowest BCUT2D eigenvalue weighted by molar-refractivity contribution is -0.143. The summed E-state index contributed by atoms with van der Waals surface area (Å²) in [6.45, 7) is 0. The highest BCUT2D eigenvalue weighted by Gasteiger charge is 2.36. The normalized spacial score (nSPS) is 12.3. The Hall–Kier alpha value is -3.55. The molecule has 2 aromatic rings. The minimum absolute atomic E-state index is 0.0542. The molecule has 0 aliphatic heterocycles. The van der Waals surface area contributed by atoms with E-state index in [4.69, 9.17) is 5.26 Å². The van der Waals surface area contributed by atoms with Crippen molar-refractivity contribution in [2.24, 2.45) is 0 Å². The topological polar surface area (TPSA) is 64.9 Å². The summed E-state index contributed by atoms with van der Waals surface area (Å²) in [5.74, 6) is -1.58. The molecule has 2 N–H and O–H groups in total. The number of nitrogens with zero attached hydrogens (tertiary/aromatic N) is 1. The van der Waals surface area contributed by atoms with E-state index >= 15 is 0 Å². The molecule has 0 heterocycles. The summed E-state index contributed by atoms with van der Waals surface area (Å²) in [5.41, 5.74) is -4.26. The highest BCUT2D eigenvalue weighted by molar-refractivity contribution is 6.06. The van der Waals surface area contributed by atoms with Crippen molar-refractivity contribution in [1.82, 2.24) is 0 Å². The van der Waals surface area contributed by atoms with E-state index in [9.17, 15) is 35.5 Å². The molecule has 0 aromatic heterocycles. The van der Waals surface area contributed by atoms with Crippen molar-refractivity contribution >= 4 is 17.3 Å². The molecule has 4 nitrogen and oxygen atoms in total. The number of rotatable bonds is 4. The molecule has 0 radical (unpaired) electrons. The van der Waals surface area contributed by atoms with Gasteiger partial charge in [0, 0.05) is 17.6 Å². The molecule has 0 aliphatic carbocycles. The summed E-state index contributed by atoms with van der Waals surface area (Å²) >= 11 is 0. The fourth-order valence-corrected chi connectivity index (χ4v) is 2.07. The van der Waals surface area contributed by atoms with Gasteiger partial charge >= 0.3 is 12.4 Å². The van der Waals surface area contributed by atoms with Crippen molar-refractivity contribution in [3.63, 3.8) is 0 Å². The van der Waals surface area contributed by atoms with Crippen LogP contribution >= 0.6 is 0 Å². The van der Waals surface area contributed by atoms with Crippen molar-refractivity contribution in [2.75, 3.05) is 10.6 Å². The number of hydrogen-bond acceptors (Lipinski definition) is 3. The molecule has 0 spiro atoms. The minimum atomic E-state index is -5.04. The molecular formula is C18H10F7N3O. The van der Waals surface area contributed by atoms with Crippen LogP contribution in [0.3, 0.4) is 0 Å². The van der Waals surface area contributed by atoms with Gasteiger partial charge in [-0.1, -0.05) is 0 Å². The van der Waals surface area contributed by atoms with Crippen molar-refractivity contribution in [3.05, 3.63) is 71.2 Å². The first-order valence-corrected chi connectivity index (χ1v) is 7.63. The van der Waals surface area contributed by atoms with Gasteiger partial charge in [0.15, 0.2) is 0 Å². The zero-order valence-corrected chi connectivity index (χ0v) is 14.1. The van der Waals surface area contributed by atoms with E-state index in [1.807, 2.05) is 0 Å². The third-order valence-corrected chi connectivity index (χ3v) is 3.44. The Kier molecular flexibility index (Phi) is 6.16. The summed E-state index contributed by atoms with van der Waals surface area (Å²) in [6.07, 6.45) is -9.42. The van der Waals surface area contributed by atoms with E-state index in [0.717, 1.165) is 12.1 Å². The third kappa shape index (κ3) is 5.97. The lowest BCUT2D eigenvalue weighted by Crippen LogP contribution is -2.15. The van der Waals surface area contributed by atoms with Gasteiger partial charge in [0.1, 0.15) is 17.5 Å². The number of alkyl halides is 6. The van der Waals surface area contributed by atoms with Crippen LogP contribution in [0.25, 0.3) is 0 Å². The number of anilines is 2. The predicted octanol–water partition coefficient (Wildman–Crippen LogP) is 5.32. The molecule has 0 saturated heterocycles. The molecular weight excluding hydrogens is 407 g/mol. The average molecular weight is 417 g/mol. The highest BCUT2D eigenvalue weighted by Crippen LogP contribution is 2.37. The second kappa shape index (κ2) is 8.22. The summed E-state index contributed by atoms with van der Waals surface area (Å²) in [6, 6.07) is 6.66. The number of nitriles is 1.